The summed E-state index contributed by atoms with van der Waals surface area (Å²) < 4.78 is 0. The summed E-state index contributed by atoms with van der Waals surface area (Å²) in [6.45, 7) is 4.02. The molecule has 1 aliphatic rings. The Balaban J connectivity index is 0.00000225. The Bertz CT molecular complexity index is 849. The maximum Gasteiger partial charge on any atom is 0.0540 e. The van der Waals surface area contributed by atoms with E-state index in [-0.39, 0.29) is 12.4 Å². The van der Waals surface area contributed by atoms with Gasteiger partial charge in [0, 0.05) is 11.4 Å². The quantitative estimate of drug-likeness (QED) is 0.677. The lowest BCUT2D eigenvalue weighted by Gasteiger charge is -2.16. The molecule has 0 atom stereocenters. The standard InChI is InChI=1S/C21H21N3.ClH/c1-13-11-16(5-9-19(13)23)21(15-3-7-18(22)8-4-15)17-6-10-20(24)14(2)12-17;/h3-12,22H,23-24H2,1-2H3;1H. The number of hydrogen-bond acceptors (Lipinski definition) is 3. The van der Waals surface area contributed by atoms with Crippen LogP contribution in [0.3, 0.4) is 0 Å². The average Bonchev–Trinajstić information content (AvgIpc) is 2.56. The number of hydrogen-bond donors (Lipinski definition) is 3. The van der Waals surface area contributed by atoms with Gasteiger partial charge in [0.2, 0.25) is 0 Å². The van der Waals surface area contributed by atoms with Gasteiger partial charge in [-0.3, -0.25) is 0 Å². The minimum Gasteiger partial charge on any atom is -0.399 e. The second-order valence-corrected chi connectivity index (χ2v) is 6.10. The summed E-state index contributed by atoms with van der Waals surface area (Å²) in [6, 6.07) is 12.2. The Morgan fingerprint density at radius 2 is 1.20 bits per heavy atom. The first-order valence-electron chi connectivity index (χ1n) is 7.87. The Morgan fingerprint density at radius 1 is 0.760 bits per heavy atom. The van der Waals surface area contributed by atoms with Crippen molar-refractivity contribution in [2.75, 3.05) is 11.5 Å². The summed E-state index contributed by atoms with van der Waals surface area (Å²) >= 11 is 0. The number of halogens is 1. The third-order valence-electron chi connectivity index (χ3n) is 4.29. The van der Waals surface area contributed by atoms with E-state index < -0.39 is 0 Å². The van der Waals surface area contributed by atoms with Crippen molar-refractivity contribution < 1.29 is 0 Å². The molecule has 5 N–H and O–H groups in total. The van der Waals surface area contributed by atoms with Crippen LogP contribution >= 0.6 is 12.4 Å². The fourth-order valence-electron chi connectivity index (χ4n) is 2.80. The third-order valence-corrected chi connectivity index (χ3v) is 4.29. The topological polar surface area (TPSA) is 75.9 Å². The first-order chi connectivity index (χ1) is 11.5. The third kappa shape index (κ3) is 3.83. The van der Waals surface area contributed by atoms with Crippen molar-refractivity contribution in [2.45, 2.75) is 13.8 Å². The van der Waals surface area contributed by atoms with Crippen molar-refractivity contribution in [3.63, 3.8) is 0 Å². The Labute approximate surface area is 154 Å². The molecule has 0 heterocycles. The van der Waals surface area contributed by atoms with Gasteiger partial charge in [-0.2, -0.15) is 0 Å². The van der Waals surface area contributed by atoms with Crippen LogP contribution in [0.5, 0.6) is 0 Å². The number of rotatable bonds is 2. The van der Waals surface area contributed by atoms with Gasteiger partial charge in [-0.25, -0.2) is 0 Å². The molecule has 0 radical (unpaired) electrons. The normalized spacial score (nSPS) is 12.9. The van der Waals surface area contributed by atoms with Gasteiger partial charge in [0.25, 0.3) is 0 Å². The molecule has 0 amide bonds. The van der Waals surface area contributed by atoms with E-state index in [4.69, 9.17) is 16.9 Å². The van der Waals surface area contributed by atoms with Crippen molar-refractivity contribution in [1.29, 1.82) is 5.41 Å². The molecule has 0 saturated carbocycles. The second-order valence-electron chi connectivity index (χ2n) is 6.10. The lowest BCUT2D eigenvalue weighted by molar-refractivity contribution is 1.40. The van der Waals surface area contributed by atoms with Gasteiger partial charge in [0.15, 0.2) is 0 Å². The van der Waals surface area contributed by atoms with Gasteiger partial charge < -0.3 is 16.9 Å². The van der Waals surface area contributed by atoms with Crippen LogP contribution in [0.15, 0.2) is 66.3 Å². The van der Waals surface area contributed by atoms with E-state index >= 15 is 0 Å². The van der Waals surface area contributed by atoms with Crippen LogP contribution < -0.4 is 11.5 Å². The molecular weight excluding hydrogens is 330 g/mol. The summed E-state index contributed by atoms with van der Waals surface area (Å²) in [5, 5.41) is 7.72. The maximum absolute atomic E-state index is 7.72. The van der Waals surface area contributed by atoms with Gasteiger partial charge in [0.05, 0.1) is 5.71 Å². The average molecular weight is 352 g/mol. The second kappa shape index (κ2) is 7.41. The molecule has 3 nitrogen and oxygen atoms in total. The molecule has 0 spiro atoms. The minimum atomic E-state index is 0. The molecule has 0 aliphatic heterocycles. The van der Waals surface area contributed by atoms with Crippen LogP contribution in [0.2, 0.25) is 0 Å². The zero-order chi connectivity index (χ0) is 17.3. The number of nitrogens with two attached hydrogens (primary N) is 2. The van der Waals surface area contributed by atoms with Crippen LogP contribution in [0.25, 0.3) is 5.57 Å². The first-order valence-corrected chi connectivity index (χ1v) is 7.87. The van der Waals surface area contributed by atoms with Gasteiger partial charge >= 0.3 is 0 Å². The van der Waals surface area contributed by atoms with Crippen LogP contribution in [0.1, 0.15) is 22.3 Å². The molecule has 4 heteroatoms. The minimum absolute atomic E-state index is 0. The van der Waals surface area contributed by atoms with Crippen LogP contribution in [-0.4, -0.2) is 5.71 Å². The van der Waals surface area contributed by atoms with Crippen molar-refractivity contribution in [3.8, 4) is 0 Å². The smallest absolute Gasteiger partial charge is 0.0540 e. The number of allylic oxidation sites excluding steroid dienone is 5. The molecule has 0 bridgehead atoms. The Morgan fingerprint density at radius 3 is 1.60 bits per heavy atom. The van der Waals surface area contributed by atoms with E-state index in [0.29, 0.717) is 5.71 Å². The Kier molecular flexibility index (Phi) is 5.50. The summed E-state index contributed by atoms with van der Waals surface area (Å²) in [7, 11) is 0. The fourth-order valence-corrected chi connectivity index (χ4v) is 2.80. The van der Waals surface area contributed by atoms with Crippen molar-refractivity contribution >= 4 is 35.1 Å². The van der Waals surface area contributed by atoms with Crippen molar-refractivity contribution in [2.24, 2.45) is 0 Å². The monoisotopic (exact) mass is 351 g/mol. The number of nitrogen functional groups attached to an aromatic ring is 2. The van der Waals surface area contributed by atoms with E-state index in [1.54, 1.807) is 0 Å². The lowest BCUT2D eigenvalue weighted by Crippen LogP contribution is -1.99. The van der Waals surface area contributed by atoms with Gasteiger partial charge in [0.1, 0.15) is 0 Å². The zero-order valence-electron chi connectivity index (χ0n) is 14.3. The van der Waals surface area contributed by atoms with E-state index in [1.165, 1.54) is 0 Å². The molecule has 25 heavy (non-hydrogen) atoms. The molecule has 0 saturated heterocycles. The highest BCUT2D eigenvalue weighted by molar-refractivity contribution is 6.05. The molecule has 1 aliphatic carbocycles. The highest BCUT2D eigenvalue weighted by Gasteiger charge is 2.12. The van der Waals surface area contributed by atoms with Crippen LogP contribution in [0, 0.1) is 19.3 Å². The van der Waals surface area contributed by atoms with Gasteiger partial charge in [-0.05, 0) is 83.7 Å². The van der Waals surface area contributed by atoms with E-state index in [2.05, 4.69) is 12.1 Å². The number of nitrogens with one attached hydrogen (secondary N) is 1. The molecule has 3 rings (SSSR count). The number of benzene rings is 2. The first kappa shape index (κ1) is 18.6. The number of anilines is 2. The fraction of sp³-hybridized carbons (Fsp3) is 0.0952. The van der Waals surface area contributed by atoms with Crippen LogP contribution in [-0.2, 0) is 0 Å². The van der Waals surface area contributed by atoms with E-state index in [9.17, 15) is 0 Å². The molecule has 2 aromatic rings. The molecule has 0 unspecified atom stereocenters. The van der Waals surface area contributed by atoms with Gasteiger partial charge in [-0.15, -0.1) is 12.4 Å². The summed E-state index contributed by atoms with van der Waals surface area (Å²) in [5.41, 5.74) is 20.5. The van der Waals surface area contributed by atoms with E-state index in [0.717, 1.165) is 44.8 Å². The van der Waals surface area contributed by atoms with Crippen molar-refractivity contribution in [1.82, 2.24) is 0 Å². The summed E-state index contributed by atoms with van der Waals surface area (Å²) in [5.74, 6) is 0. The highest BCUT2D eigenvalue weighted by atomic mass is 35.5. The SMILES string of the molecule is Cc1cc(C(=C2C=CC(=N)C=C2)c2ccc(N)c(C)c2)ccc1N.Cl. The van der Waals surface area contributed by atoms with Crippen molar-refractivity contribution in [3.05, 3.63) is 88.5 Å². The van der Waals surface area contributed by atoms with Crippen LogP contribution in [0.4, 0.5) is 11.4 Å². The van der Waals surface area contributed by atoms with Gasteiger partial charge in [-0.1, -0.05) is 24.3 Å². The molecule has 128 valence electrons. The predicted octanol–water partition coefficient (Wildman–Crippen LogP) is 4.84. The Hall–Kier alpha value is -2.78. The largest absolute Gasteiger partial charge is 0.399 e. The lowest BCUT2D eigenvalue weighted by atomic mass is 9.89. The summed E-state index contributed by atoms with van der Waals surface area (Å²) in [4.78, 5) is 0. The predicted molar refractivity (Wildman–Crippen MR) is 110 cm³/mol. The number of aryl methyl sites for hydroxylation is 2. The maximum atomic E-state index is 7.72. The van der Waals surface area contributed by atoms with E-state index in [1.807, 2.05) is 62.4 Å². The summed E-state index contributed by atoms with van der Waals surface area (Å²) in [6.07, 6.45) is 7.58. The zero-order valence-corrected chi connectivity index (χ0v) is 15.2. The highest BCUT2D eigenvalue weighted by Crippen LogP contribution is 2.32. The molecular formula is C21H22ClN3. The molecule has 0 fully saturated rings. The molecule has 2 aromatic carbocycles. The molecule has 0 aromatic heterocycles.